The number of amides is 1. The van der Waals surface area contributed by atoms with Crippen molar-refractivity contribution in [2.75, 3.05) is 22.4 Å². The normalized spacial score (nSPS) is 11.2. The zero-order valence-electron chi connectivity index (χ0n) is 12.5. The molecule has 0 bridgehead atoms. The number of nitrogens with one attached hydrogen (secondary N) is 1. The molecule has 0 saturated carbocycles. The highest BCUT2D eigenvalue weighted by Gasteiger charge is 2.23. The predicted molar refractivity (Wildman–Crippen MR) is 93.7 cm³/mol. The first-order chi connectivity index (χ1) is 11.2. The molecule has 9 heteroatoms. The molecule has 0 spiro atoms. The van der Waals surface area contributed by atoms with E-state index in [0.717, 1.165) is 12.3 Å². The quantitative estimate of drug-likeness (QED) is 0.848. The maximum Gasteiger partial charge on any atom is 0.245 e. The van der Waals surface area contributed by atoms with Gasteiger partial charge in [0.25, 0.3) is 0 Å². The molecule has 0 aromatic heterocycles. The van der Waals surface area contributed by atoms with Crippen molar-refractivity contribution in [2.45, 2.75) is 0 Å². The molecule has 0 radical (unpaired) electrons. The van der Waals surface area contributed by atoms with Crippen molar-refractivity contribution in [3.05, 3.63) is 58.3 Å². The summed E-state index contributed by atoms with van der Waals surface area (Å²) < 4.78 is 38.4. The van der Waals surface area contributed by atoms with Gasteiger partial charge in [-0.15, -0.1) is 0 Å². The molecular formula is C15H13Cl2FN2O3S. The third-order valence-corrected chi connectivity index (χ3v) is 4.52. The zero-order chi connectivity index (χ0) is 17.9. The van der Waals surface area contributed by atoms with Gasteiger partial charge in [-0.3, -0.25) is 9.10 Å². The summed E-state index contributed by atoms with van der Waals surface area (Å²) in [5.41, 5.74) is 0.0961. The molecular weight excluding hydrogens is 378 g/mol. The van der Waals surface area contributed by atoms with Gasteiger partial charge in [0, 0.05) is 15.7 Å². The van der Waals surface area contributed by atoms with E-state index in [1.807, 2.05) is 0 Å². The molecule has 0 heterocycles. The topological polar surface area (TPSA) is 66.5 Å². The largest absolute Gasteiger partial charge is 0.324 e. The fraction of sp³-hybridized carbons (Fsp3) is 0.133. The van der Waals surface area contributed by atoms with Gasteiger partial charge in [-0.25, -0.2) is 12.8 Å². The second-order valence-corrected chi connectivity index (χ2v) is 7.71. The molecule has 5 nitrogen and oxygen atoms in total. The van der Waals surface area contributed by atoms with Crippen LogP contribution in [-0.2, 0) is 14.8 Å². The van der Waals surface area contributed by atoms with Crippen molar-refractivity contribution in [3.63, 3.8) is 0 Å². The van der Waals surface area contributed by atoms with E-state index in [1.54, 1.807) is 0 Å². The molecule has 1 amide bonds. The average Bonchev–Trinajstić information content (AvgIpc) is 2.43. The lowest BCUT2D eigenvalue weighted by molar-refractivity contribution is -0.114. The van der Waals surface area contributed by atoms with Crippen LogP contribution < -0.4 is 9.62 Å². The summed E-state index contributed by atoms with van der Waals surface area (Å²) in [7, 11) is -3.86. The molecule has 1 N–H and O–H groups in total. The Labute approximate surface area is 149 Å². The van der Waals surface area contributed by atoms with Gasteiger partial charge in [0.05, 0.1) is 11.9 Å². The SMILES string of the molecule is CS(=O)(=O)N(CC(=O)Nc1cc(Cl)cc(Cl)c1)c1ccccc1F. The maximum atomic E-state index is 13.9. The second kappa shape index (κ2) is 7.38. The number of hydrogen-bond acceptors (Lipinski definition) is 3. The number of benzene rings is 2. The number of carbonyl (C=O) groups excluding carboxylic acids is 1. The third kappa shape index (κ3) is 4.83. The van der Waals surface area contributed by atoms with Gasteiger partial charge >= 0.3 is 0 Å². The van der Waals surface area contributed by atoms with Gasteiger partial charge in [-0.05, 0) is 30.3 Å². The van der Waals surface area contributed by atoms with E-state index in [-0.39, 0.29) is 5.69 Å². The van der Waals surface area contributed by atoms with Crippen LogP contribution in [0.2, 0.25) is 10.0 Å². The van der Waals surface area contributed by atoms with Crippen molar-refractivity contribution < 1.29 is 17.6 Å². The Morgan fingerprint density at radius 1 is 1.17 bits per heavy atom. The van der Waals surface area contributed by atoms with Crippen LogP contribution in [0.4, 0.5) is 15.8 Å². The second-order valence-electron chi connectivity index (χ2n) is 4.93. The van der Waals surface area contributed by atoms with E-state index in [1.165, 1.54) is 36.4 Å². The van der Waals surface area contributed by atoms with E-state index in [0.29, 0.717) is 20.0 Å². The monoisotopic (exact) mass is 390 g/mol. The van der Waals surface area contributed by atoms with Crippen LogP contribution in [0.25, 0.3) is 0 Å². The van der Waals surface area contributed by atoms with Gasteiger partial charge in [0.15, 0.2) is 0 Å². The van der Waals surface area contributed by atoms with Crippen molar-refractivity contribution in [1.82, 2.24) is 0 Å². The van der Waals surface area contributed by atoms with Gasteiger partial charge in [0.2, 0.25) is 15.9 Å². The van der Waals surface area contributed by atoms with Crippen LogP contribution in [0.1, 0.15) is 0 Å². The summed E-state index contributed by atoms with van der Waals surface area (Å²) in [5, 5.41) is 3.10. The van der Waals surface area contributed by atoms with Gasteiger partial charge in [0.1, 0.15) is 12.4 Å². The first-order valence-corrected chi connectivity index (χ1v) is 9.25. The summed E-state index contributed by atoms with van der Waals surface area (Å²) in [4.78, 5) is 12.2. The lowest BCUT2D eigenvalue weighted by Crippen LogP contribution is -2.38. The Hall–Kier alpha value is -1.83. The van der Waals surface area contributed by atoms with Crippen LogP contribution in [0, 0.1) is 5.82 Å². The molecule has 24 heavy (non-hydrogen) atoms. The minimum Gasteiger partial charge on any atom is -0.324 e. The number of anilines is 2. The maximum absolute atomic E-state index is 13.9. The van der Waals surface area contributed by atoms with E-state index < -0.39 is 28.3 Å². The van der Waals surface area contributed by atoms with E-state index in [2.05, 4.69) is 5.32 Å². The molecule has 128 valence electrons. The Morgan fingerprint density at radius 3 is 2.29 bits per heavy atom. The Kier molecular flexibility index (Phi) is 5.69. The van der Waals surface area contributed by atoms with Crippen molar-refractivity contribution in [2.24, 2.45) is 0 Å². The molecule has 0 aliphatic rings. The summed E-state index contributed by atoms with van der Waals surface area (Å²) in [6.07, 6.45) is 0.892. The Bertz CT molecular complexity index is 855. The third-order valence-electron chi connectivity index (χ3n) is 2.96. The van der Waals surface area contributed by atoms with Crippen LogP contribution in [0.5, 0.6) is 0 Å². The van der Waals surface area contributed by atoms with Crippen molar-refractivity contribution in [3.8, 4) is 0 Å². The van der Waals surface area contributed by atoms with E-state index in [9.17, 15) is 17.6 Å². The lowest BCUT2D eigenvalue weighted by Gasteiger charge is -2.22. The number of carbonyl (C=O) groups is 1. The minimum absolute atomic E-state index is 0.209. The summed E-state index contributed by atoms with van der Waals surface area (Å²) in [5.74, 6) is -1.41. The summed E-state index contributed by atoms with van der Waals surface area (Å²) >= 11 is 11.7. The predicted octanol–water partition coefficient (Wildman–Crippen LogP) is 3.54. The summed E-state index contributed by atoms with van der Waals surface area (Å²) in [6.45, 7) is -0.593. The molecule has 0 unspecified atom stereocenters. The molecule has 0 fully saturated rings. The molecule has 0 aliphatic carbocycles. The molecule has 0 saturated heterocycles. The van der Waals surface area contributed by atoms with Crippen LogP contribution >= 0.6 is 23.2 Å². The number of hydrogen-bond donors (Lipinski definition) is 1. The van der Waals surface area contributed by atoms with Crippen LogP contribution in [-0.4, -0.2) is 27.1 Å². The van der Waals surface area contributed by atoms with Crippen molar-refractivity contribution in [1.29, 1.82) is 0 Å². The fourth-order valence-corrected chi connectivity index (χ4v) is 3.38. The molecule has 0 atom stereocenters. The zero-order valence-corrected chi connectivity index (χ0v) is 14.8. The first kappa shape index (κ1) is 18.5. The lowest BCUT2D eigenvalue weighted by atomic mass is 10.3. The number of para-hydroxylation sites is 1. The Morgan fingerprint density at radius 2 is 1.75 bits per heavy atom. The highest BCUT2D eigenvalue weighted by molar-refractivity contribution is 7.92. The first-order valence-electron chi connectivity index (χ1n) is 6.65. The highest BCUT2D eigenvalue weighted by Crippen LogP contribution is 2.24. The average molecular weight is 391 g/mol. The molecule has 2 aromatic rings. The van der Waals surface area contributed by atoms with Gasteiger partial charge < -0.3 is 5.32 Å². The van der Waals surface area contributed by atoms with Gasteiger partial charge in [-0.2, -0.15) is 0 Å². The number of sulfonamides is 1. The smallest absolute Gasteiger partial charge is 0.245 e. The molecule has 2 aromatic carbocycles. The van der Waals surface area contributed by atoms with E-state index >= 15 is 0 Å². The minimum atomic E-state index is -3.86. The Balaban J connectivity index is 2.24. The summed E-state index contributed by atoms with van der Waals surface area (Å²) in [6, 6.07) is 9.69. The van der Waals surface area contributed by atoms with Crippen LogP contribution in [0.15, 0.2) is 42.5 Å². The van der Waals surface area contributed by atoms with E-state index in [4.69, 9.17) is 23.2 Å². The fourth-order valence-electron chi connectivity index (χ4n) is 1.99. The highest BCUT2D eigenvalue weighted by atomic mass is 35.5. The van der Waals surface area contributed by atoms with Crippen molar-refractivity contribution >= 4 is 50.5 Å². The van der Waals surface area contributed by atoms with Gasteiger partial charge in [-0.1, -0.05) is 35.3 Å². The molecule has 2 rings (SSSR count). The van der Waals surface area contributed by atoms with Crippen LogP contribution in [0.3, 0.4) is 0 Å². The number of nitrogens with zero attached hydrogens (tertiary/aromatic N) is 1. The number of rotatable bonds is 5. The molecule has 0 aliphatic heterocycles. The standard InChI is InChI=1S/C15H13Cl2FN2O3S/c1-24(22,23)20(14-5-3-2-4-13(14)18)9-15(21)19-12-7-10(16)6-11(17)8-12/h2-8H,9H2,1H3,(H,19,21). The number of halogens is 3.